The van der Waals surface area contributed by atoms with E-state index in [4.69, 9.17) is 11.6 Å². The van der Waals surface area contributed by atoms with Gasteiger partial charge in [0.25, 0.3) is 0 Å². The van der Waals surface area contributed by atoms with Gasteiger partial charge in [0.2, 0.25) is 0 Å². The highest BCUT2D eigenvalue weighted by Gasteiger charge is 2.27. The van der Waals surface area contributed by atoms with Crippen LogP contribution in [-0.2, 0) is 4.79 Å². The van der Waals surface area contributed by atoms with Crippen LogP contribution in [0.1, 0.15) is 40.5 Å². The van der Waals surface area contributed by atoms with Crippen LogP contribution in [-0.4, -0.2) is 11.2 Å². The molecule has 13 heavy (non-hydrogen) atoms. The Labute approximate surface area is 86.2 Å². The number of rotatable bonds is 5. The summed E-state index contributed by atoms with van der Waals surface area (Å²) in [6.07, 6.45) is 5.56. The molecule has 0 spiro atoms. The highest BCUT2D eigenvalue weighted by molar-refractivity contribution is 6.21. The Hall–Kier alpha value is -0.300. The molecule has 0 aromatic carbocycles. The van der Waals surface area contributed by atoms with Gasteiger partial charge in [0, 0.05) is 10.8 Å². The van der Waals surface area contributed by atoms with Crippen molar-refractivity contribution in [3.63, 3.8) is 0 Å². The third kappa shape index (κ3) is 3.51. The largest absolute Gasteiger partial charge is 0.299 e. The molecule has 0 unspecified atom stereocenters. The van der Waals surface area contributed by atoms with Gasteiger partial charge < -0.3 is 0 Å². The molecule has 0 heterocycles. The Balaban J connectivity index is 4.68. The van der Waals surface area contributed by atoms with Crippen molar-refractivity contribution in [3.8, 4) is 0 Å². The molecule has 0 amide bonds. The number of Topliss-reactive ketones (excluding diaryl/α,β-unsaturated/α-hetero) is 1. The third-order valence-corrected chi connectivity index (χ3v) is 2.79. The average molecular weight is 203 g/mol. The Morgan fingerprint density at radius 3 is 2.15 bits per heavy atom. The smallest absolute Gasteiger partial charge is 0.139 e. The molecule has 1 atom stereocenters. The van der Waals surface area contributed by atoms with Crippen molar-refractivity contribution < 1.29 is 4.79 Å². The molecular formula is C11H19ClO. The van der Waals surface area contributed by atoms with E-state index in [0.29, 0.717) is 0 Å². The van der Waals surface area contributed by atoms with Gasteiger partial charge in [-0.25, -0.2) is 0 Å². The van der Waals surface area contributed by atoms with E-state index in [1.807, 2.05) is 32.9 Å². The van der Waals surface area contributed by atoms with Gasteiger partial charge in [-0.15, -0.1) is 11.6 Å². The number of alkyl halides is 1. The highest BCUT2D eigenvalue weighted by Crippen LogP contribution is 2.29. The summed E-state index contributed by atoms with van der Waals surface area (Å²) in [7, 11) is 0. The molecule has 0 aliphatic carbocycles. The maximum absolute atomic E-state index is 11.4. The monoisotopic (exact) mass is 202 g/mol. The van der Waals surface area contributed by atoms with Crippen LogP contribution in [0.5, 0.6) is 0 Å². The second-order valence-electron chi connectivity index (χ2n) is 3.46. The number of hydrogen-bond donors (Lipinski definition) is 0. The molecule has 1 nitrogen and oxygen atoms in total. The van der Waals surface area contributed by atoms with Crippen molar-refractivity contribution in [1.82, 2.24) is 0 Å². The summed E-state index contributed by atoms with van der Waals surface area (Å²) in [5.74, 6) is 0.228. The van der Waals surface area contributed by atoms with E-state index in [1.54, 1.807) is 6.92 Å². The number of hydrogen-bond acceptors (Lipinski definition) is 1. The van der Waals surface area contributed by atoms with Gasteiger partial charge in [-0.05, 0) is 26.7 Å². The van der Waals surface area contributed by atoms with E-state index in [2.05, 4.69) is 0 Å². The van der Waals surface area contributed by atoms with Crippen LogP contribution in [0.25, 0.3) is 0 Å². The molecule has 0 aliphatic heterocycles. The first-order valence-electron chi connectivity index (χ1n) is 4.83. The van der Waals surface area contributed by atoms with Crippen LogP contribution in [0.2, 0.25) is 0 Å². The molecular weight excluding hydrogens is 184 g/mol. The minimum absolute atomic E-state index is 0.00294. The summed E-state index contributed by atoms with van der Waals surface area (Å²) >= 11 is 5.80. The lowest BCUT2D eigenvalue weighted by Gasteiger charge is -2.24. The molecule has 0 radical (unpaired) electrons. The maximum atomic E-state index is 11.4. The van der Waals surface area contributed by atoms with E-state index in [0.717, 1.165) is 12.8 Å². The molecule has 0 saturated heterocycles. The quantitative estimate of drug-likeness (QED) is 0.492. The zero-order chi connectivity index (χ0) is 10.5. The van der Waals surface area contributed by atoms with Crippen LogP contribution in [0.4, 0.5) is 0 Å². The Bertz CT molecular complexity index is 190. The van der Waals surface area contributed by atoms with E-state index in [1.165, 1.54) is 0 Å². The van der Waals surface area contributed by atoms with Crippen LogP contribution in [0.15, 0.2) is 12.2 Å². The third-order valence-electron chi connectivity index (χ3n) is 2.64. The number of ketones is 1. The van der Waals surface area contributed by atoms with Gasteiger partial charge in [0.05, 0.1) is 0 Å². The van der Waals surface area contributed by atoms with Crippen LogP contribution < -0.4 is 0 Å². The van der Waals surface area contributed by atoms with Crippen LogP contribution in [0.3, 0.4) is 0 Å². The fourth-order valence-corrected chi connectivity index (χ4v) is 1.49. The van der Waals surface area contributed by atoms with Gasteiger partial charge >= 0.3 is 0 Å². The van der Waals surface area contributed by atoms with Crippen LogP contribution in [0, 0.1) is 5.41 Å². The number of halogens is 1. The molecule has 0 N–H and O–H groups in total. The van der Waals surface area contributed by atoms with Gasteiger partial charge in [-0.2, -0.15) is 0 Å². The predicted octanol–water partition coefficient (Wildman–Crippen LogP) is 3.57. The summed E-state index contributed by atoms with van der Waals surface area (Å²) < 4.78 is 0. The zero-order valence-electron chi connectivity index (χ0n) is 8.93. The molecule has 0 aromatic rings. The summed E-state index contributed by atoms with van der Waals surface area (Å²) in [6.45, 7) is 7.62. The minimum atomic E-state index is -0.289. The number of carbonyl (C=O) groups excluding carboxylic acids is 1. The topological polar surface area (TPSA) is 17.1 Å². The molecule has 0 fully saturated rings. The lowest BCUT2D eigenvalue weighted by Crippen LogP contribution is -2.25. The first-order valence-corrected chi connectivity index (χ1v) is 5.26. The van der Waals surface area contributed by atoms with Gasteiger partial charge in [0.1, 0.15) is 5.78 Å². The molecule has 0 bridgehead atoms. The van der Waals surface area contributed by atoms with Crippen molar-refractivity contribution in [3.05, 3.63) is 12.2 Å². The SMILES string of the molecule is CCC(/C=C/[C@H](C)Cl)(CC)C(C)=O. The lowest BCUT2D eigenvalue weighted by molar-refractivity contribution is -0.124. The predicted molar refractivity (Wildman–Crippen MR) is 58.2 cm³/mol. The molecule has 0 saturated carbocycles. The second-order valence-corrected chi connectivity index (χ2v) is 4.14. The summed E-state index contributed by atoms with van der Waals surface area (Å²) in [4.78, 5) is 11.4. The average Bonchev–Trinajstić information content (AvgIpc) is 2.06. The van der Waals surface area contributed by atoms with Crippen molar-refractivity contribution in [2.45, 2.75) is 45.9 Å². The summed E-state index contributed by atoms with van der Waals surface area (Å²) in [5.41, 5.74) is -0.289. The van der Waals surface area contributed by atoms with Crippen molar-refractivity contribution in [2.75, 3.05) is 0 Å². The molecule has 0 aromatic heterocycles. The standard InChI is InChI=1S/C11H19ClO/c1-5-11(6-2,10(4)13)8-7-9(3)12/h7-9H,5-6H2,1-4H3/b8-7+/t9-/m0/s1. The van der Waals surface area contributed by atoms with Gasteiger partial charge in [-0.3, -0.25) is 4.79 Å². The van der Waals surface area contributed by atoms with E-state index in [9.17, 15) is 4.79 Å². The molecule has 0 aliphatic rings. The second kappa shape index (κ2) is 5.43. The fourth-order valence-electron chi connectivity index (χ4n) is 1.42. The van der Waals surface area contributed by atoms with E-state index < -0.39 is 0 Å². The maximum Gasteiger partial charge on any atom is 0.139 e. The van der Waals surface area contributed by atoms with E-state index >= 15 is 0 Å². The van der Waals surface area contributed by atoms with Crippen molar-refractivity contribution in [1.29, 1.82) is 0 Å². The number of allylic oxidation sites excluding steroid dienone is 2. The van der Waals surface area contributed by atoms with Gasteiger partial charge in [0.15, 0.2) is 0 Å². The van der Waals surface area contributed by atoms with Crippen molar-refractivity contribution in [2.24, 2.45) is 5.41 Å². The normalized spacial score (nSPS) is 14.8. The Morgan fingerprint density at radius 2 is 1.92 bits per heavy atom. The lowest BCUT2D eigenvalue weighted by atomic mass is 9.78. The fraction of sp³-hybridized carbons (Fsp3) is 0.727. The summed E-state index contributed by atoms with van der Waals surface area (Å²) in [6, 6.07) is 0. The first kappa shape index (κ1) is 12.7. The Morgan fingerprint density at radius 1 is 1.46 bits per heavy atom. The van der Waals surface area contributed by atoms with E-state index in [-0.39, 0.29) is 16.6 Å². The summed E-state index contributed by atoms with van der Waals surface area (Å²) in [5, 5.41) is -0.00294. The molecule has 2 heteroatoms. The van der Waals surface area contributed by atoms with Gasteiger partial charge in [-0.1, -0.05) is 26.0 Å². The van der Waals surface area contributed by atoms with Crippen LogP contribution >= 0.6 is 11.6 Å². The molecule has 0 rings (SSSR count). The minimum Gasteiger partial charge on any atom is -0.299 e. The highest BCUT2D eigenvalue weighted by atomic mass is 35.5. The Kier molecular flexibility index (Phi) is 5.31. The zero-order valence-corrected chi connectivity index (χ0v) is 9.69. The first-order chi connectivity index (χ1) is 5.98. The van der Waals surface area contributed by atoms with Crippen molar-refractivity contribution >= 4 is 17.4 Å². The number of carbonyl (C=O) groups is 1. The molecule has 76 valence electrons.